The van der Waals surface area contributed by atoms with Gasteiger partial charge in [0, 0.05) is 44.2 Å². The standard InChI is InChI=1S/C32H45N3O4S/c1-7-15-33(6)29(37)26-25-20-23(5)32(40-25)27(26)30(38)35(17-11-9-10-12-18-36)28(32)31(39)34(16-8-2)24-19-21(3)13-14-22(24)4/h7-8,13-14,19,23,25-28,36H,1-2,9-12,15-18,20H2,3-6H3/t23?,25-,26+,27-,28?,32?/m0/s1. The van der Waals surface area contributed by atoms with Crippen molar-refractivity contribution < 1.29 is 19.5 Å². The first-order valence-electron chi connectivity index (χ1n) is 14.6. The molecule has 3 unspecified atom stereocenters. The van der Waals surface area contributed by atoms with Crippen molar-refractivity contribution in [3.05, 3.63) is 54.6 Å². The monoisotopic (exact) mass is 567 g/mol. The zero-order valence-electron chi connectivity index (χ0n) is 24.5. The lowest BCUT2D eigenvalue weighted by molar-refractivity contribution is -0.143. The van der Waals surface area contributed by atoms with Gasteiger partial charge in [0.2, 0.25) is 11.8 Å². The van der Waals surface area contributed by atoms with Crippen molar-refractivity contribution in [3.8, 4) is 0 Å². The molecule has 6 atom stereocenters. The highest BCUT2D eigenvalue weighted by Crippen LogP contribution is 2.69. The van der Waals surface area contributed by atoms with E-state index < -0.39 is 22.6 Å². The van der Waals surface area contributed by atoms with Gasteiger partial charge >= 0.3 is 0 Å². The predicted molar refractivity (Wildman–Crippen MR) is 162 cm³/mol. The number of likely N-dealkylation sites (N-methyl/N-ethyl adjacent to an activating group) is 1. The number of likely N-dealkylation sites (tertiary alicyclic amines) is 1. The van der Waals surface area contributed by atoms with Crippen molar-refractivity contribution in [3.63, 3.8) is 0 Å². The number of benzene rings is 1. The summed E-state index contributed by atoms with van der Waals surface area (Å²) in [5.41, 5.74) is 2.89. The number of fused-ring (bicyclic) bond motifs is 1. The minimum absolute atomic E-state index is 0.0132. The molecule has 0 saturated carbocycles. The third-order valence-electron chi connectivity index (χ3n) is 9.08. The minimum atomic E-state index is -0.657. The summed E-state index contributed by atoms with van der Waals surface area (Å²) in [6.45, 7) is 15.3. The van der Waals surface area contributed by atoms with E-state index in [9.17, 15) is 19.5 Å². The number of hydrogen-bond acceptors (Lipinski definition) is 5. The summed E-state index contributed by atoms with van der Waals surface area (Å²) in [4.78, 5) is 48.2. The number of thioether (sulfide) groups is 1. The molecule has 40 heavy (non-hydrogen) atoms. The number of unbranched alkanes of at least 4 members (excludes halogenated alkanes) is 3. The van der Waals surface area contributed by atoms with Gasteiger partial charge in [-0.05, 0) is 56.2 Å². The molecule has 1 spiro atoms. The van der Waals surface area contributed by atoms with Gasteiger partial charge in [0.1, 0.15) is 6.04 Å². The Morgan fingerprint density at radius 3 is 2.50 bits per heavy atom. The molecule has 218 valence electrons. The fraction of sp³-hybridized carbons (Fsp3) is 0.594. The van der Waals surface area contributed by atoms with Crippen LogP contribution in [0.5, 0.6) is 0 Å². The number of amides is 3. The lowest BCUT2D eigenvalue weighted by Gasteiger charge is -2.41. The molecule has 3 fully saturated rings. The van der Waals surface area contributed by atoms with Crippen LogP contribution in [0.3, 0.4) is 0 Å². The average molecular weight is 568 g/mol. The smallest absolute Gasteiger partial charge is 0.251 e. The molecule has 0 aromatic heterocycles. The lowest BCUT2D eigenvalue weighted by atomic mass is 9.65. The second kappa shape index (κ2) is 12.5. The van der Waals surface area contributed by atoms with Crippen LogP contribution in [0.4, 0.5) is 5.69 Å². The van der Waals surface area contributed by atoms with Gasteiger partial charge in [0.15, 0.2) is 0 Å². The van der Waals surface area contributed by atoms with Crippen LogP contribution in [0, 0.1) is 31.6 Å². The Hall–Kier alpha value is -2.58. The third-order valence-corrected chi connectivity index (χ3v) is 11.2. The molecule has 2 bridgehead atoms. The van der Waals surface area contributed by atoms with E-state index in [0.717, 1.165) is 48.9 Å². The molecule has 7 nitrogen and oxygen atoms in total. The van der Waals surface area contributed by atoms with Gasteiger partial charge in [0.25, 0.3) is 5.91 Å². The van der Waals surface area contributed by atoms with Crippen LogP contribution in [0.15, 0.2) is 43.5 Å². The minimum Gasteiger partial charge on any atom is -0.396 e. The van der Waals surface area contributed by atoms with Crippen molar-refractivity contribution in [2.24, 2.45) is 17.8 Å². The van der Waals surface area contributed by atoms with Crippen molar-refractivity contribution in [2.45, 2.75) is 68.9 Å². The Morgan fingerprint density at radius 1 is 1.12 bits per heavy atom. The van der Waals surface area contributed by atoms with Gasteiger partial charge in [-0.15, -0.1) is 24.9 Å². The van der Waals surface area contributed by atoms with Crippen LogP contribution in [-0.4, -0.2) is 82.0 Å². The normalized spacial score (nSPS) is 28.5. The molecule has 1 N–H and O–H groups in total. The Kier molecular flexibility index (Phi) is 9.51. The molecule has 1 aromatic rings. The van der Waals surface area contributed by atoms with Crippen molar-refractivity contribution >= 4 is 35.2 Å². The van der Waals surface area contributed by atoms with Gasteiger partial charge in [-0.25, -0.2) is 0 Å². The van der Waals surface area contributed by atoms with E-state index in [1.54, 1.807) is 40.8 Å². The summed E-state index contributed by atoms with van der Waals surface area (Å²) >= 11 is 1.72. The lowest BCUT2D eigenvalue weighted by Crippen LogP contribution is -2.57. The van der Waals surface area contributed by atoms with Crippen molar-refractivity contribution in [1.29, 1.82) is 0 Å². The van der Waals surface area contributed by atoms with Crippen LogP contribution in [0.25, 0.3) is 0 Å². The molecule has 3 saturated heterocycles. The average Bonchev–Trinajstić information content (AvgIpc) is 3.51. The number of anilines is 1. The number of hydrogen-bond donors (Lipinski definition) is 1. The summed E-state index contributed by atoms with van der Waals surface area (Å²) in [6.07, 6.45) is 7.47. The molecule has 0 aliphatic carbocycles. The number of carbonyl (C=O) groups is 3. The highest BCUT2D eigenvalue weighted by atomic mass is 32.2. The fourth-order valence-corrected chi connectivity index (χ4v) is 9.61. The first kappa shape index (κ1) is 30.4. The molecule has 3 aliphatic rings. The maximum absolute atomic E-state index is 14.8. The first-order chi connectivity index (χ1) is 19.1. The van der Waals surface area contributed by atoms with E-state index in [2.05, 4.69) is 20.1 Å². The summed E-state index contributed by atoms with van der Waals surface area (Å²) in [5, 5.41) is 9.21. The van der Waals surface area contributed by atoms with E-state index >= 15 is 0 Å². The number of carbonyl (C=O) groups excluding carboxylic acids is 3. The SMILES string of the molecule is C=CCN(C)C(=O)[C@@H]1[C@@H]2CC(C)C3(S2)C(C(=O)N(CC=C)c2cc(C)ccc2C)N(CCCCCCO)C(=O)[C@H]13. The topological polar surface area (TPSA) is 81.2 Å². The van der Waals surface area contributed by atoms with E-state index in [4.69, 9.17) is 0 Å². The molecular weight excluding hydrogens is 522 g/mol. The summed E-state index contributed by atoms with van der Waals surface area (Å²) in [6, 6.07) is 5.43. The highest BCUT2D eigenvalue weighted by molar-refractivity contribution is 8.02. The van der Waals surface area contributed by atoms with Gasteiger partial charge in [0.05, 0.1) is 16.6 Å². The maximum atomic E-state index is 14.8. The number of aliphatic hydroxyl groups is 1. The zero-order valence-corrected chi connectivity index (χ0v) is 25.3. The van der Waals surface area contributed by atoms with Crippen LogP contribution in [-0.2, 0) is 14.4 Å². The third kappa shape index (κ3) is 5.13. The second-order valence-corrected chi connectivity index (χ2v) is 13.3. The van der Waals surface area contributed by atoms with Crippen molar-refractivity contribution in [1.82, 2.24) is 9.80 Å². The van der Waals surface area contributed by atoms with E-state index in [1.807, 2.05) is 36.9 Å². The fourth-order valence-electron chi connectivity index (χ4n) is 7.20. The van der Waals surface area contributed by atoms with Crippen molar-refractivity contribution in [2.75, 3.05) is 38.2 Å². The quantitative estimate of drug-likeness (QED) is 0.283. The number of rotatable bonds is 13. The van der Waals surface area contributed by atoms with E-state index in [0.29, 0.717) is 19.6 Å². The molecule has 3 aliphatic heterocycles. The summed E-state index contributed by atoms with van der Waals surface area (Å²) in [7, 11) is 1.77. The van der Waals surface area contributed by atoms with Gasteiger partial charge in [-0.1, -0.05) is 44.1 Å². The zero-order chi connectivity index (χ0) is 29.2. The Balaban J connectivity index is 1.77. The predicted octanol–water partition coefficient (Wildman–Crippen LogP) is 4.36. The van der Waals surface area contributed by atoms with E-state index in [-0.39, 0.29) is 35.5 Å². The molecule has 0 radical (unpaired) electrons. The van der Waals surface area contributed by atoms with Gasteiger partial charge in [-0.3, -0.25) is 14.4 Å². The van der Waals surface area contributed by atoms with E-state index in [1.165, 1.54) is 0 Å². The summed E-state index contributed by atoms with van der Waals surface area (Å²) < 4.78 is -0.656. The van der Waals surface area contributed by atoms with Crippen LogP contribution < -0.4 is 4.90 Å². The van der Waals surface area contributed by atoms with Crippen LogP contribution >= 0.6 is 11.8 Å². The summed E-state index contributed by atoms with van der Waals surface area (Å²) in [5.74, 6) is -1.04. The Morgan fingerprint density at radius 2 is 1.82 bits per heavy atom. The number of nitrogens with zero attached hydrogens (tertiary/aromatic N) is 3. The van der Waals surface area contributed by atoms with Gasteiger partial charge < -0.3 is 19.8 Å². The molecule has 4 rings (SSSR count). The molecular formula is C32H45N3O4S. The highest BCUT2D eigenvalue weighted by Gasteiger charge is 2.76. The maximum Gasteiger partial charge on any atom is 0.251 e. The second-order valence-electron chi connectivity index (χ2n) is 11.8. The Labute approximate surface area is 243 Å². The molecule has 8 heteroatoms. The Bertz CT molecular complexity index is 1150. The largest absolute Gasteiger partial charge is 0.396 e. The molecule has 3 amide bonds. The number of aryl methyl sites for hydroxylation is 2. The molecule has 1 aromatic carbocycles. The number of aliphatic hydroxyl groups excluding tert-OH is 1. The molecule has 3 heterocycles. The van der Waals surface area contributed by atoms with Crippen LogP contribution in [0.1, 0.15) is 50.2 Å². The first-order valence-corrected chi connectivity index (χ1v) is 15.5. The van der Waals surface area contributed by atoms with Crippen LogP contribution in [0.2, 0.25) is 0 Å². The van der Waals surface area contributed by atoms with Gasteiger partial charge in [-0.2, -0.15) is 0 Å².